The number of amidine groups is 1. The Bertz CT molecular complexity index is 835. The lowest BCUT2D eigenvalue weighted by Gasteiger charge is -2.07. The molecule has 1 heterocycles. The molecule has 2 aromatic rings. The number of carbonyl (C=O) groups excluding carboxylic acids is 2. The van der Waals surface area contributed by atoms with Gasteiger partial charge in [0, 0.05) is 5.69 Å². The molecule has 2 amide bonds. The van der Waals surface area contributed by atoms with Gasteiger partial charge in [0.25, 0.3) is 0 Å². The van der Waals surface area contributed by atoms with Crippen molar-refractivity contribution in [3.8, 4) is 0 Å². The molecule has 0 radical (unpaired) electrons. The summed E-state index contributed by atoms with van der Waals surface area (Å²) in [6, 6.07) is 16.5. The third-order valence-electron chi connectivity index (χ3n) is 3.31. The lowest BCUT2D eigenvalue weighted by atomic mass is 10.2. The summed E-state index contributed by atoms with van der Waals surface area (Å²) in [6.07, 6.45) is 1.05. The van der Waals surface area contributed by atoms with E-state index in [2.05, 4.69) is 20.8 Å². The second-order valence-electron chi connectivity index (χ2n) is 5.30. The highest BCUT2D eigenvalue weighted by Crippen LogP contribution is 2.11. The molecule has 1 aliphatic heterocycles. The number of thioether (sulfide) groups is 1. The molecule has 1 fully saturated rings. The van der Waals surface area contributed by atoms with Crippen LogP contribution in [0.2, 0.25) is 0 Å². The number of anilines is 1. The average molecular weight is 368 g/mol. The first kappa shape index (κ1) is 17.7. The molecule has 1 saturated heterocycles. The summed E-state index contributed by atoms with van der Waals surface area (Å²) in [4.78, 5) is 22.8. The molecule has 3 rings (SSSR count). The topological polar surface area (TPSA) is 92.2 Å². The molecular formula is C18H16N4O3S. The molecule has 2 N–H and O–H groups in total. The third kappa shape index (κ3) is 5.45. The van der Waals surface area contributed by atoms with Crippen molar-refractivity contribution in [2.24, 2.45) is 10.2 Å². The summed E-state index contributed by atoms with van der Waals surface area (Å²) in [6.45, 7) is 0.215. The van der Waals surface area contributed by atoms with Gasteiger partial charge in [0.05, 0.1) is 12.0 Å². The molecular weight excluding hydrogens is 352 g/mol. The summed E-state index contributed by atoms with van der Waals surface area (Å²) in [5, 5.41) is 13.6. The van der Waals surface area contributed by atoms with E-state index >= 15 is 0 Å². The molecule has 0 bridgehead atoms. The SMILES string of the molecule is O=C1CSC(=NN=Cc2ccc(NC(=O)OCc3ccccc3)cc2)N1. The number of ether oxygens (including phenoxy) is 1. The number of benzene rings is 2. The van der Waals surface area contributed by atoms with Crippen LogP contribution in [0.3, 0.4) is 0 Å². The predicted molar refractivity (Wildman–Crippen MR) is 102 cm³/mol. The first-order valence-electron chi connectivity index (χ1n) is 7.80. The van der Waals surface area contributed by atoms with Gasteiger partial charge in [-0.05, 0) is 23.3 Å². The van der Waals surface area contributed by atoms with E-state index in [1.54, 1.807) is 30.5 Å². The molecule has 0 unspecified atom stereocenters. The van der Waals surface area contributed by atoms with Gasteiger partial charge in [0.2, 0.25) is 5.91 Å². The lowest BCUT2D eigenvalue weighted by Crippen LogP contribution is -2.19. The molecule has 7 nitrogen and oxygen atoms in total. The van der Waals surface area contributed by atoms with Crippen molar-refractivity contribution in [3.05, 3.63) is 65.7 Å². The fourth-order valence-corrected chi connectivity index (χ4v) is 2.69. The molecule has 26 heavy (non-hydrogen) atoms. The Kier molecular flexibility index (Phi) is 6.00. The Hall–Kier alpha value is -3.13. The minimum Gasteiger partial charge on any atom is -0.444 e. The zero-order chi connectivity index (χ0) is 18.2. The molecule has 0 atom stereocenters. The summed E-state index contributed by atoms with van der Waals surface area (Å²) < 4.78 is 5.16. The van der Waals surface area contributed by atoms with Crippen LogP contribution < -0.4 is 10.6 Å². The molecule has 8 heteroatoms. The van der Waals surface area contributed by atoms with Crippen LogP contribution in [0.25, 0.3) is 0 Å². The van der Waals surface area contributed by atoms with Crippen molar-refractivity contribution < 1.29 is 14.3 Å². The van der Waals surface area contributed by atoms with Crippen LogP contribution in [0.1, 0.15) is 11.1 Å². The summed E-state index contributed by atoms with van der Waals surface area (Å²) in [5.41, 5.74) is 2.35. The van der Waals surface area contributed by atoms with E-state index in [1.807, 2.05) is 30.3 Å². The number of nitrogens with one attached hydrogen (secondary N) is 2. The molecule has 0 spiro atoms. The van der Waals surface area contributed by atoms with Gasteiger partial charge in [-0.15, -0.1) is 5.10 Å². The minimum absolute atomic E-state index is 0.0708. The maximum atomic E-state index is 11.8. The summed E-state index contributed by atoms with van der Waals surface area (Å²) >= 11 is 1.31. The van der Waals surface area contributed by atoms with Gasteiger partial charge >= 0.3 is 6.09 Å². The minimum atomic E-state index is -0.518. The third-order valence-corrected chi connectivity index (χ3v) is 4.18. The predicted octanol–water partition coefficient (Wildman–Crippen LogP) is 2.99. The van der Waals surface area contributed by atoms with Gasteiger partial charge in [0.1, 0.15) is 6.61 Å². The number of hydrogen-bond donors (Lipinski definition) is 2. The molecule has 0 aliphatic carbocycles. The largest absolute Gasteiger partial charge is 0.444 e. The highest BCUT2D eigenvalue weighted by molar-refractivity contribution is 8.15. The lowest BCUT2D eigenvalue weighted by molar-refractivity contribution is -0.116. The molecule has 0 aromatic heterocycles. The van der Waals surface area contributed by atoms with Crippen molar-refractivity contribution in [2.75, 3.05) is 11.1 Å². The van der Waals surface area contributed by atoms with Gasteiger partial charge in [-0.2, -0.15) is 5.10 Å². The van der Waals surface area contributed by atoms with E-state index in [-0.39, 0.29) is 12.5 Å². The van der Waals surface area contributed by atoms with E-state index in [9.17, 15) is 9.59 Å². The normalized spacial score (nSPS) is 15.2. The smallest absolute Gasteiger partial charge is 0.411 e. The van der Waals surface area contributed by atoms with Crippen molar-refractivity contribution in [1.82, 2.24) is 5.32 Å². The number of rotatable bonds is 5. The molecule has 0 saturated carbocycles. The van der Waals surface area contributed by atoms with E-state index in [0.717, 1.165) is 11.1 Å². The Morgan fingerprint density at radius 3 is 2.65 bits per heavy atom. The second kappa shape index (κ2) is 8.82. The van der Waals surface area contributed by atoms with Crippen LogP contribution in [-0.4, -0.2) is 29.1 Å². The van der Waals surface area contributed by atoms with Gasteiger partial charge in [-0.25, -0.2) is 4.79 Å². The Morgan fingerprint density at radius 2 is 1.96 bits per heavy atom. The summed E-state index contributed by atoms with van der Waals surface area (Å²) in [5.74, 6) is 0.299. The van der Waals surface area contributed by atoms with Crippen LogP contribution in [-0.2, 0) is 16.1 Å². The highest BCUT2D eigenvalue weighted by Gasteiger charge is 2.15. The fourth-order valence-electron chi connectivity index (χ4n) is 2.06. The van der Waals surface area contributed by atoms with Crippen LogP contribution in [0.4, 0.5) is 10.5 Å². The van der Waals surface area contributed by atoms with Crippen LogP contribution >= 0.6 is 11.8 Å². The maximum Gasteiger partial charge on any atom is 0.411 e. The van der Waals surface area contributed by atoms with Crippen molar-refractivity contribution in [3.63, 3.8) is 0 Å². The maximum absolute atomic E-state index is 11.8. The first-order chi connectivity index (χ1) is 12.7. The van der Waals surface area contributed by atoms with Crippen LogP contribution in [0, 0.1) is 0 Å². The Balaban J connectivity index is 1.48. The fraction of sp³-hybridized carbons (Fsp3) is 0.111. The highest BCUT2D eigenvalue weighted by atomic mass is 32.2. The van der Waals surface area contributed by atoms with Crippen LogP contribution in [0.15, 0.2) is 64.8 Å². The standard InChI is InChI=1S/C18H16N4O3S/c23-16-12-26-17(21-16)22-19-10-13-6-8-15(9-7-13)20-18(24)25-11-14-4-2-1-3-5-14/h1-10H,11-12H2,(H,20,24)(H,21,22,23). The molecule has 132 valence electrons. The number of hydrogen-bond acceptors (Lipinski definition) is 6. The molecule has 2 aromatic carbocycles. The quantitative estimate of drug-likeness (QED) is 0.627. The van der Waals surface area contributed by atoms with Gasteiger partial charge in [0.15, 0.2) is 5.17 Å². The first-order valence-corrected chi connectivity index (χ1v) is 8.79. The monoisotopic (exact) mass is 368 g/mol. The van der Waals surface area contributed by atoms with Crippen molar-refractivity contribution in [1.29, 1.82) is 0 Å². The van der Waals surface area contributed by atoms with Crippen molar-refractivity contribution in [2.45, 2.75) is 6.61 Å². The number of amides is 2. The van der Waals surface area contributed by atoms with E-state index in [0.29, 0.717) is 16.6 Å². The second-order valence-corrected chi connectivity index (χ2v) is 6.26. The summed E-state index contributed by atoms with van der Waals surface area (Å²) in [7, 11) is 0. The Morgan fingerprint density at radius 1 is 1.19 bits per heavy atom. The van der Waals surface area contributed by atoms with Gasteiger partial charge in [-0.1, -0.05) is 54.2 Å². The van der Waals surface area contributed by atoms with E-state index < -0.39 is 6.09 Å². The number of carbonyl (C=O) groups is 2. The van der Waals surface area contributed by atoms with Gasteiger partial charge in [-0.3, -0.25) is 10.1 Å². The van der Waals surface area contributed by atoms with Gasteiger partial charge < -0.3 is 10.1 Å². The van der Waals surface area contributed by atoms with E-state index in [4.69, 9.17) is 4.74 Å². The molecule has 1 aliphatic rings. The van der Waals surface area contributed by atoms with Crippen LogP contribution in [0.5, 0.6) is 0 Å². The van der Waals surface area contributed by atoms with E-state index in [1.165, 1.54) is 11.8 Å². The average Bonchev–Trinajstić information content (AvgIpc) is 3.07. The van der Waals surface area contributed by atoms with Crippen molar-refractivity contribution >= 4 is 40.8 Å². The zero-order valence-corrected chi connectivity index (χ0v) is 14.5. The number of nitrogens with zero attached hydrogens (tertiary/aromatic N) is 2. The zero-order valence-electron chi connectivity index (χ0n) is 13.7. The Labute approximate surface area is 154 Å².